The van der Waals surface area contributed by atoms with E-state index in [4.69, 9.17) is 24.5 Å². The summed E-state index contributed by atoms with van der Waals surface area (Å²) in [6.07, 6.45) is 1.57. The topological polar surface area (TPSA) is 98.7 Å². The molecule has 3 aromatic carbocycles. The number of ether oxygens (including phenoxy) is 3. The van der Waals surface area contributed by atoms with E-state index in [1.165, 1.54) is 11.8 Å². The molecule has 188 valence electrons. The van der Waals surface area contributed by atoms with Crippen molar-refractivity contribution < 1.29 is 14.2 Å². The van der Waals surface area contributed by atoms with Crippen molar-refractivity contribution in [2.24, 2.45) is 5.10 Å². The first kappa shape index (κ1) is 25.5. The zero-order chi connectivity index (χ0) is 26.5. The molecule has 0 N–H and O–H groups in total. The van der Waals surface area contributed by atoms with E-state index in [0.29, 0.717) is 33.8 Å². The number of rotatable bonds is 8. The van der Waals surface area contributed by atoms with Crippen LogP contribution in [0, 0.1) is 18.3 Å². The van der Waals surface area contributed by atoms with Gasteiger partial charge in [0.15, 0.2) is 23.9 Å². The molecule has 0 aliphatic rings. The molecule has 0 amide bonds. The van der Waals surface area contributed by atoms with Crippen molar-refractivity contribution in [3.05, 3.63) is 81.6 Å². The summed E-state index contributed by atoms with van der Waals surface area (Å²) in [5, 5.41) is 13.8. The van der Waals surface area contributed by atoms with Crippen LogP contribution in [0.25, 0.3) is 22.3 Å². The van der Waals surface area contributed by atoms with Crippen LogP contribution in [0.4, 0.5) is 0 Å². The van der Waals surface area contributed by atoms with Crippen LogP contribution in [0.5, 0.6) is 17.2 Å². The summed E-state index contributed by atoms with van der Waals surface area (Å²) < 4.78 is 17.7. The molecule has 0 saturated carbocycles. The second-order valence-corrected chi connectivity index (χ2v) is 8.73. The molecule has 4 aromatic rings. The first-order valence-corrected chi connectivity index (χ1v) is 11.8. The molecule has 8 heteroatoms. The summed E-state index contributed by atoms with van der Waals surface area (Å²) in [5.41, 5.74) is 3.71. The van der Waals surface area contributed by atoms with Crippen LogP contribution < -0.4 is 19.8 Å². The molecule has 1 heterocycles. The number of methoxy groups -OCH3 is 2. The minimum atomic E-state index is -0.279. The van der Waals surface area contributed by atoms with E-state index in [0.717, 1.165) is 22.4 Å². The molecule has 8 nitrogen and oxygen atoms in total. The first-order chi connectivity index (χ1) is 17.9. The van der Waals surface area contributed by atoms with E-state index in [2.05, 4.69) is 18.9 Å². The molecular weight excluding hydrogens is 468 g/mol. The monoisotopic (exact) mass is 496 g/mol. The lowest BCUT2D eigenvalue weighted by atomic mass is 9.96. The highest BCUT2D eigenvalue weighted by Gasteiger charge is 2.18. The van der Waals surface area contributed by atoms with Crippen molar-refractivity contribution in [1.82, 2.24) is 9.66 Å². The van der Waals surface area contributed by atoms with Crippen LogP contribution >= 0.6 is 0 Å². The van der Waals surface area contributed by atoms with Gasteiger partial charge in [0.2, 0.25) is 0 Å². The van der Waals surface area contributed by atoms with Crippen LogP contribution in [-0.2, 0) is 0 Å². The Bertz CT molecular complexity index is 1580. The number of fused-ring (bicyclic) bond motifs is 1. The average molecular weight is 497 g/mol. The van der Waals surface area contributed by atoms with Gasteiger partial charge >= 0.3 is 0 Å². The fraction of sp³-hybridized carbons (Fsp3) is 0.241. The number of para-hydroxylation sites is 1. The number of benzene rings is 3. The zero-order valence-electron chi connectivity index (χ0n) is 21.5. The van der Waals surface area contributed by atoms with Gasteiger partial charge in [0.1, 0.15) is 11.8 Å². The van der Waals surface area contributed by atoms with E-state index in [1.54, 1.807) is 43.7 Å². The number of nitrogens with zero attached hydrogens (tertiary/aromatic N) is 4. The lowest BCUT2D eigenvalue weighted by Gasteiger charge is -2.17. The Morgan fingerprint density at radius 3 is 2.51 bits per heavy atom. The summed E-state index contributed by atoms with van der Waals surface area (Å²) in [6, 6.07) is 18.3. The van der Waals surface area contributed by atoms with Gasteiger partial charge in [-0.1, -0.05) is 26.0 Å². The maximum Gasteiger partial charge on any atom is 0.282 e. The van der Waals surface area contributed by atoms with Crippen LogP contribution in [-0.4, -0.2) is 36.7 Å². The van der Waals surface area contributed by atoms with E-state index < -0.39 is 0 Å². The predicted molar refractivity (Wildman–Crippen MR) is 144 cm³/mol. The molecule has 0 bridgehead atoms. The largest absolute Gasteiger partial charge is 0.496 e. The van der Waals surface area contributed by atoms with Crippen molar-refractivity contribution in [2.75, 3.05) is 20.8 Å². The number of aryl methyl sites for hydroxylation is 1. The fourth-order valence-corrected chi connectivity index (χ4v) is 4.09. The lowest BCUT2D eigenvalue weighted by Crippen LogP contribution is -2.20. The Balaban J connectivity index is 1.90. The highest BCUT2D eigenvalue weighted by Crippen LogP contribution is 2.34. The lowest BCUT2D eigenvalue weighted by molar-refractivity contribution is 0.329. The minimum absolute atomic E-state index is 0.0924. The van der Waals surface area contributed by atoms with Gasteiger partial charge in [-0.15, -0.1) is 0 Å². The number of hydrogen-bond donors (Lipinski definition) is 0. The van der Waals surface area contributed by atoms with E-state index in [9.17, 15) is 4.79 Å². The average Bonchev–Trinajstić information content (AvgIpc) is 2.91. The quantitative estimate of drug-likeness (QED) is 0.307. The minimum Gasteiger partial charge on any atom is -0.496 e. The molecule has 0 saturated heterocycles. The third-order valence-corrected chi connectivity index (χ3v) is 6.00. The molecule has 4 rings (SSSR count). The highest BCUT2D eigenvalue weighted by molar-refractivity contribution is 5.83. The summed E-state index contributed by atoms with van der Waals surface area (Å²) in [6.45, 7) is 6.05. The van der Waals surface area contributed by atoms with Crippen molar-refractivity contribution in [3.63, 3.8) is 0 Å². The van der Waals surface area contributed by atoms with E-state index in [-0.39, 0.29) is 18.1 Å². The summed E-state index contributed by atoms with van der Waals surface area (Å²) in [5.74, 6) is 2.33. The fourth-order valence-electron chi connectivity index (χ4n) is 4.09. The molecule has 0 aliphatic heterocycles. The smallest absolute Gasteiger partial charge is 0.282 e. The SMILES string of the molecule is COc1cc(C=Nn2c(-c3cc(C(C)C)c(OC)cc3C)nc3ccccc3c2=O)ccc1OCC#N. The summed E-state index contributed by atoms with van der Waals surface area (Å²) in [7, 11) is 3.17. The zero-order valence-corrected chi connectivity index (χ0v) is 21.5. The van der Waals surface area contributed by atoms with Gasteiger partial charge < -0.3 is 14.2 Å². The Kier molecular flexibility index (Phi) is 7.54. The van der Waals surface area contributed by atoms with E-state index >= 15 is 0 Å². The third-order valence-electron chi connectivity index (χ3n) is 6.00. The summed E-state index contributed by atoms with van der Waals surface area (Å²) >= 11 is 0. The van der Waals surface area contributed by atoms with Gasteiger partial charge in [0, 0.05) is 5.56 Å². The maximum atomic E-state index is 13.6. The number of aromatic nitrogens is 2. The third kappa shape index (κ3) is 5.16. The molecule has 0 radical (unpaired) electrons. The Hall–Kier alpha value is -4.64. The molecular formula is C29H28N4O4. The molecule has 37 heavy (non-hydrogen) atoms. The van der Waals surface area contributed by atoms with Gasteiger partial charge in [0.05, 0.1) is 31.3 Å². The van der Waals surface area contributed by atoms with Crippen molar-refractivity contribution in [1.29, 1.82) is 5.26 Å². The van der Waals surface area contributed by atoms with Gasteiger partial charge in [-0.25, -0.2) is 4.98 Å². The Morgan fingerprint density at radius 1 is 1.05 bits per heavy atom. The molecule has 0 atom stereocenters. The highest BCUT2D eigenvalue weighted by atomic mass is 16.5. The van der Waals surface area contributed by atoms with Crippen molar-refractivity contribution in [3.8, 4) is 34.7 Å². The molecule has 0 aliphatic carbocycles. The van der Waals surface area contributed by atoms with Crippen LogP contribution in [0.15, 0.2) is 64.5 Å². The molecule has 0 fully saturated rings. The van der Waals surface area contributed by atoms with Gasteiger partial charge in [-0.05, 0) is 72.0 Å². The number of nitriles is 1. The van der Waals surface area contributed by atoms with Crippen molar-refractivity contribution >= 4 is 17.1 Å². The maximum absolute atomic E-state index is 13.6. The number of hydrogen-bond acceptors (Lipinski definition) is 7. The Morgan fingerprint density at radius 2 is 1.81 bits per heavy atom. The van der Waals surface area contributed by atoms with Gasteiger partial charge in [-0.2, -0.15) is 15.0 Å². The second kappa shape index (κ2) is 11.0. The molecule has 1 aromatic heterocycles. The summed E-state index contributed by atoms with van der Waals surface area (Å²) in [4.78, 5) is 18.5. The van der Waals surface area contributed by atoms with Crippen LogP contribution in [0.1, 0.15) is 36.5 Å². The molecule has 0 unspecified atom stereocenters. The van der Waals surface area contributed by atoms with Crippen LogP contribution in [0.3, 0.4) is 0 Å². The first-order valence-electron chi connectivity index (χ1n) is 11.8. The normalized spacial score (nSPS) is 11.2. The van der Waals surface area contributed by atoms with Gasteiger partial charge in [-0.3, -0.25) is 4.79 Å². The second-order valence-electron chi connectivity index (χ2n) is 8.73. The van der Waals surface area contributed by atoms with Crippen LogP contribution in [0.2, 0.25) is 0 Å². The Labute approximate surface area is 215 Å². The predicted octanol–water partition coefficient (Wildman–Crippen LogP) is 5.30. The van der Waals surface area contributed by atoms with Crippen molar-refractivity contribution in [2.45, 2.75) is 26.7 Å². The van der Waals surface area contributed by atoms with E-state index in [1.807, 2.05) is 37.3 Å². The standard InChI is InChI=1S/C29H28N4O4/c1-18(2)22-16-23(19(3)14-26(22)35-4)28-32-24-9-7-6-8-21(24)29(34)33(28)31-17-20-10-11-25(37-13-12-30)27(15-20)36-5/h6-11,14-18H,13H2,1-5H3. The van der Waals surface area contributed by atoms with Gasteiger partial charge in [0.25, 0.3) is 5.56 Å². The molecule has 0 spiro atoms.